The van der Waals surface area contributed by atoms with Crippen molar-refractivity contribution in [1.29, 1.82) is 5.26 Å². The summed E-state index contributed by atoms with van der Waals surface area (Å²) in [6.07, 6.45) is 8.37. The molecule has 66 heavy (non-hydrogen) atoms. The van der Waals surface area contributed by atoms with Crippen LogP contribution < -0.4 is 35.3 Å². The molecule has 2 amide bonds. The summed E-state index contributed by atoms with van der Waals surface area (Å²) >= 11 is 6.25. The van der Waals surface area contributed by atoms with Gasteiger partial charge in [0.2, 0.25) is 11.9 Å². The molecule has 16 heteroatoms. The maximum absolute atomic E-state index is 13.4. The summed E-state index contributed by atoms with van der Waals surface area (Å²) in [5.74, 6) is 2.48. The van der Waals surface area contributed by atoms with E-state index in [1.54, 1.807) is 69.1 Å². The quantitative estimate of drug-likeness (QED) is 0.0838. The number of anilines is 2. The van der Waals surface area contributed by atoms with E-state index in [4.69, 9.17) is 30.5 Å². The van der Waals surface area contributed by atoms with Gasteiger partial charge in [-0.2, -0.15) is 5.26 Å². The van der Waals surface area contributed by atoms with Crippen molar-refractivity contribution in [3.05, 3.63) is 118 Å². The number of rotatable bonds is 15. The minimum absolute atomic E-state index is 0.0490. The van der Waals surface area contributed by atoms with Crippen LogP contribution in [0.2, 0.25) is 5.02 Å². The summed E-state index contributed by atoms with van der Waals surface area (Å²) in [6.45, 7) is 12.2. The second-order valence-electron chi connectivity index (χ2n) is 17.9. The number of nitriles is 1. The lowest BCUT2D eigenvalue weighted by molar-refractivity contribution is -0.164. The molecule has 0 unspecified atom stereocenters. The Bertz CT molecular complexity index is 2850. The van der Waals surface area contributed by atoms with Crippen LogP contribution in [-0.4, -0.2) is 75.9 Å². The number of fused-ring (bicyclic) bond motifs is 1. The maximum atomic E-state index is 13.4. The first kappa shape index (κ1) is 45.7. The smallest absolute Gasteiger partial charge is 0.274 e. The highest BCUT2D eigenvalue weighted by Crippen LogP contribution is 2.55. The van der Waals surface area contributed by atoms with E-state index in [1.165, 1.54) is 4.57 Å². The number of aryl methyl sites for hydroxylation is 1. The fourth-order valence-electron chi connectivity index (χ4n) is 9.40. The van der Waals surface area contributed by atoms with Crippen LogP contribution in [0.5, 0.6) is 23.0 Å². The van der Waals surface area contributed by atoms with Gasteiger partial charge in [-0.1, -0.05) is 52.3 Å². The topological polar surface area (TPSA) is 186 Å². The summed E-state index contributed by atoms with van der Waals surface area (Å²) in [5, 5.41) is 16.4. The first-order valence-corrected chi connectivity index (χ1v) is 22.4. The van der Waals surface area contributed by atoms with Crippen LogP contribution in [0.15, 0.2) is 96.3 Å². The van der Waals surface area contributed by atoms with Gasteiger partial charge in [0.25, 0.3) is 11.5 Å². The van der Waals surface area contributed by atoms with E-state index >= 15 is 0 Å². The number of amides is 2. The first-order valence-electron chi connectivity index (χ1n) is 22.0. The van der Waals surface area contributed by atoms with Gasteiger partial charge >= 0.3 is 0 Å². The molecule has 1 aliphatic carbocycles. The van der Waals surface area contributed by atoms with Crippen molar-refractivity contribution in [2.75, 3.05) is 36.5 Å². The Labute approximate surface area is 388 Å². The van der Waals surface area contributed by atoms with Gasteiger partial charge in [0.1, 0.15) is 47.3 Å². The number of H-pyrrole nitrogens is 1. The Morgan fingerprint density at radius 2 is 1.68 bits per heavy atom. The molecule has 3 aromatic heterocycles. The highest BCUT2D eigenvalue weighted by Gasteiger charge is 2.64. The molecule has 3 N–H and O–H groups in total. The molecule has 1 saturated carbocycles. The Morgan fingerprint density at radius 3 is 2.39 bits per heavy atom. The lowest BCUT2D eigenvalue weighted by Crippen LogP contribution is -2.74. The number of carbonyl (C=O) groups excluding carboxylic acids is 2. The second-order valence-corrected chi connectivity index (χ2v) is 18.3. The fraction of sp³-hybridized carbons (Fsp3) is 0.360. The van der Waals surface area contributed by atoms with Crippen LogP contribution in [0.3, 0.4) is 0 Å². The Morgan fingerprint density at radius 1 is 0.939 bits per heavy atom. The minimum Gasteiger partial charge on any atom is -0.491 e. The summed E-state index contributed by atoms with van der Waals surface area (Å²) in [4.78, 5) is 52.8. The van der Waals surface area contributed by atoms with Gasteiger partial charge in [-0.15, -0.1) is 0 Å². The van der Waals surface area contributed by atoms with Crippen LogP contribution in [-0.2, 0) is 16.6 Å². The zero-order chi connectivity index (χ0) is 46.8. The summed E-state index contributed by atoms with van der Waals surface area (Å²) in [7, 11) is 1.70. The molecular formula is C50H53ClN8O7. The van der Waals surface area contributed by atoms with Crippen molar-refractivity contribution in [1.82, 2.24) is 24.8 Å². The van der Waals surface area contributed by atoms with Crippen LogP contribution >= 0.6 is 11.6 Å². The Balaban J connectivity index is 0.810. The number of hydrogen-bond acceptors (Lipinski definition) is 11. The number of ether oxygens (including phenoxy) is 4. The molecule has 4 heterocycles. The third-order valence-corrected chi connectivity index (χ3v) is 12.9. The van der Waals surface area contributed by atoms with Crippen LogP contribution in [0.1, 0.15) is 69.8 Å². The molecule has 342 valence electrons. The van der Waals surface area contributed by atoms with Crippen LogP contribution in [0, 0.1) is 22.2 Å². The molecule has 0 bridgehead atoms. The molecule has 0 atom stereocenters. The molecule has 15 nitrogen and oxygen atoms in total. The third-order valence-electron chi connectivity index (χ3n) is 12.6. The van der Waals surface area contributed by atoms with Gasteiger partial charge in [0, 0.05) is 103 Å². The number of aromatic nitrogens is 4. The maximum Gasteiger partial charge on any atom is 0.274 e. The molecule has 0 spiro atoms. The largest absolute Gasteiger partial charge is 0.491 e. The molecule has 0 radical (unpaired) electrons. The average Bonchev–Trinajstić information content (AvgIpc) is 3.81. The summed E-state index contributed by atoms with van der Waals surface area (Å²) in [6, 6.07) is 21.6. The van der Waals surface area contributed by atoms with Gasteiger partial charge in [-0.25, -0.2) is 9.97 Å². The van der Waals surface area contributed by atoms with Gasteiger partial charge in [0.15, 0.2) is 0 Å². The molecular weight excluding hydrogens is 860 g/mol. The fourth-order valence-corrected chi connectivity index (χ4v) is 9.62. The number of pyridine rings is 1. The lowest BCUT2D eigenvalue weighted by Gasteiger charge is -2.63. The standard InChI is InChI=1S/C50H53ClN8O7/c1-7-42(60)56-32-12-14-41(38(23-32)39-29-58(6)45(62)43-37(39)15-18-53-43)65-35-10-8-9-34(24-35)64-22-21-63-33-16-19-59(20-17-33)48-54-27-31(28-55-48)44(61)57-46-49(2,3)47(50(46,4)5)66-36-13-11-30(26-52)40(51)25-36/h8-15,18,23-25,27-29,33,46-47,53H,7,16-17,19-22H2,1-6H3,(H,56,60)(H,57,61)/t46-,47-. The number of nitrogens with one attached hydrogen (secondary N) is 3. The van der Waals surface area contributed by atoms with Crippen LogP contribution in [0.25, 0.3) is 22.0 Å². The normalized spacial score (nSPS) is 17.6. The van der Waals surface area contributed by atoms with Gasteiger partial charge < -0.3 is 44.0 Å². The van der Waals surface area contributed by atoms with E-state index in [2.05, 4.69) is 64.2 Å². The van der Waals surface area contributed by atoms with Crippen molar-refractivity contribution in [2.24, 2.45) is 17.9 Å². The lowest BCUT2D eigenvalue weighted by atomic mass is 9.49. The Kier molecular flexibility index (Phi) is 13.1. The number of piperidine rings is 1. The average molecular weight is 913 g/mol. The van der Waals surface area contributed by atoms with E-state index in [0.29, 0.717) is 94.6 Å². The van der Waals surface area contributed by atoms with Crippen molar-refractivity contribution >= 4 is 46.0 Å². The molecule has 2 aliphatic rings. The number of benzene rings is 3. The number of hydrogen-bond donors (Lipinski definition) is 3. The summed E-state index contributed by atoms with van der Waals surface area (Å²) < 4.78 is 26.6. The van der Waals surface area contributed by atoms with Crippen LogP contribution in [0.4, 0.5) is 11.6 Å². The monoisotopic (exact) mass is 912 g/mol. The zero-order valence-electron chi connectivity index (χ0n) is 37.8. The predicted octanol–water partition coefficient (Wildman–Crippen LogP) is 8.67. The van der Waals surface area contributed by atoms with Crippen molar-refractivity contribution in [3.63, 3.8) is 0 Å². The number of nitrogens with zero attached hydrogens (tertiary/aromatic N) is 5. The van der Waals surface area contributed by atoms with E-state index in [0.717, 1.165) is 23.8 Å². The van der Waals surface area contributed by atoms with Crippen molar-refractivity contribution in [2.45, 2.75) is 72.1 Å². The second kappa shape index (κ2) is 18.9. The van der Waals surface area contributed by atoms with E-state index in [9.17, 15) is 19.6 Å². The first-order chi connectivity index (χ1) is 31.7. The molecule has 3 aromatic carbocycles. The minimum atomic E-state index is -0.403. The molecule has 6 aromatic rings. The zero-order valence-corrected chi connectivity index (χ0v) is 38.6. The van der Waals surface area contributed by atoms with E-state index < -0.39 is 10.8 Å². The number of halogens is 1. The van der Waals surface area contributed by atoms with Gasteiger partial charge in [-0.3, -0.25) is 14.4 Å². The molecule has 8 rings (SSSR count). The highest BCUT2D eigenvalue weighted by atomic mass is 35.5. The highest BCUT2D eigenvalue weighted by molar-refractivity contribution is 6.31. The van der Waals surface area contributed by atoms with E-state index in [1.807, 2.05) is 36.4 Å². The van der Waals surface area contributed by atoms with Gasteiger partial charge in [0.05, 0.1) is 28.9 Å². The van der Waals surface area contributed by atoms with Crippen molar-refractivity contribution < 1.29 is 28.5 Å². The Hall–Kier alpha value is -6.89. The van der Waals surface area contributed by atoms with Gasteiger partial charge in [-0.05, 0) is 61.4 Å². The number of aromatic amines is 1. The third kappa shape index (κ3) is 9.43. The molecule has 1 saturated heterocycles. The molecule has 1 aliphatic heterocycles. The van der Waals surface area contributed by atoms with Crippen molar-refractivity contribution in [3.8, 4) is 40.2 Å². The predicted molar refractivity (Wildman–Crippen MR) is 253 cm³/mol. The number of carbonyl (C=O) groups is 2. The molecule has 2 fully saturated rings. The van der Waals surface area contributed by atoms with E-state index in [-0.39, 0.29) is 35.6 Å². The SMILES string of the molecule is CCC(=O)Nc1ccc(Oc2cccc(OCCOC3CCN(c4ncc(C(=O)N[C@H]5C(C)(C)[C@H](Oc6ccc(C#N)c(Cl)c6)C5(C)C)cn4)CC3)c2)c(-c2cn(C)c(=O)c3[nH]ccc23)c1. The summed E-state index contributed by atoms with van der Waals surface area (Å²) in [5.41, 5.74) is 2.37.